The zero-order valence-electron chi connectivity index (χ0n) is 13.1. The number of hydrogen-bond donors (Lipinski definition) is 0. The highest BCUT2D eigenvalue weighted by molar-refractivity contribution is 7.92. The van der Waals surface area contributed by atoms with Crippen LogP contribution in [0.25, 0.3) is 0 Å². The number of anilines is 1. The Morgan fingerprint density at radius 1 is 1.22 bits per heavy atom. The van der Waals surface area contributed by atoms with E-state index in [1.807, 2.05) is 0 Å². The number of rotatable bonds is 2. The van der Waals surface area contributed by atoms with Gasteiger partial charge in [-0.15, -0.1) is 0 Å². The molecule has 0 radical (unpaired) electrons. The standard InChI is InChI=1S/C16H20N2O4S/c1-12-10-15(19)18(11-16(20)17-8-4-5-9-17)13-6-2-3-7-14(13)23(12,21)22/h2-3,6-7,12H,4-5,8-11H2,1H3. The number of para-hydroxylation sites is 1. The smallest absolute Gasteiger partial charge is 0.242 e. The summed E-state index contributed by atoms with van der Waals surface area (Å²) in [4.78, 5) is 28.1. The van der Waals surface area contributed by atoms with Crippen LogP contribution in [0.1, 0.15) is 26.2 Å². The summed E-state index contributed by atoms with van der Waals surface area (Å²) in [6, 6.07) is 6.43. The van der Waals surface area contributed by atoms with Crippen LogP contribution in [-0.2, 0) is 19.4 Å². The van der Waals surface area contributed by atoms with Gasteiger partial charge in [0.2, 0.25) is 11.8 Å². The van der Waals surface area contributed by atoms with Gasteiger partial charge in [0, 0.05) is 19.5 Å². The molecule has 6 nitrogen and oxygen atoms in total. The summed E-state index contributed by atoms with van der Waals surface area (Å²) < 4.78 is 25.2. The zero-order chi connectivity index (χ0) is 16.6. The third kappa shape index (κ3) is 2.85. The summed E-state index contributed by atoms with van der Waals surface area (Å²) in [6.45, 7) is 2.85. The molecule has 0 saturated carbocycles. The van der Waals surface area contributed by atoms with Gasteiger partial charge in [-0.25, -0.2) is 8.42 Å². The number of carbonyl (C=O) groups excluding carboxylic acids is 2. The monoisotopic (exact) mass is 336 g/mol. The number of fused-ring (bicyclic) bond motifs is 1. The summed E-state index contributed by atoms with van der Waals surface area (Å²) >= 11 is 0. The summed E-state index contributed by atoms with van der Waals surface area (Å²) in [6.07, 6.45) is 1.84. The first-order chi connectivity index (χ1) is 10.9. The first-order valence-electron chi connectivity index (χ1n) is 7.82. The molecular weight excluding hydrogens is 316 g/mol. The Labute approximate surface area is 136 Å². The Kier molecular flexibility index (Phi) is 4.14. The fraction of sp³-hybridized carbons (Fsp3) is 0.500. The van der Waals surface area contributed by atoms with E-state index in [4.69, 9.17) is 0 Å². The van der Waals surface area contributed by atoms with Crippen molar-refractivity contribution >= 4 is 27.3 Å². The van der Waals surface area contributed by atoms with Crippen LogP contribution in [0.5, 0.6) is 0 Å². The lowest BCUT2D eigenvalue weighted by atomic mass is 10.2. The van der Waals surface area contributed by atoms with Crippen molar-refractivity contribution in [3.05, 3.63) is 24.3 Å². The molecule has 1 aromatic carbocycles. The number of nitrogens with zero attached hydrogens (tertiary/aromatic N) is 2. The van der Waals surface area contributed by atoms with Crippen molar-refractivity contribution in [3.63, 3.8) is 0 Å². The molecule has 0 aromatic heterocycles. The van der Waals surface area contributed by atoms with E-state index in [0.29, 0.717) is 18.8 Å². The van der Waals surface area contributed by atoms with E-state index in [1.54, 1.807) is 23.1 Å². The van der Waals surface area contributed by atoms with Crippen molar-refractivity contribution < 1.29 is 18.0 Å². The first kappa shape index (κ1) is 16.0. The number of likely N-dealkylation sites (tertiary alicyclic amines) is 1. The third-order valence-electron chi connectivity index (χ3n) is 4.51. The van der Waals surface area contributed by atoms with Crippen LogP contribution in [0.4, 0.5) is 5.69 Å². The van der Waals surface area contributed by atoms with Gasteiger partial charge in [-0.3, -0.25) is 9.59 Å². The van der Waals surface area contributed by atoms with Crippen LogP contribution in [0.2, 0.25) is 0 Å². The summed E-state index contributed by atoms with van der Waals surface area (Å²) in [5.74, 6) is -0.448. The maximum absolute atomic E-state index is 12.6. The van der Waals surface area contributed by atoms with Crippen LogP contribution in [0, 0.1) is 0 Å². The lowest BCUT2D eigenvalue weighted by Crippen LogP contribution is -2.42. The molecule has 0 bridgehead atoms. The number of amides is 2. The molecule has 2 amide bonds. The molecular formula is C16H20N2O4S. The molecule has 1 fully saturated rings. The molecule has 0 N–H and O–H groups in total. The second-order valence-corrected chi connectivity index (χ2v) is 8.43. The Balaban J connectivity index is 1.98. The highest BCUT2D eigenvalue weighted by Gasteiger charge is 2.37. The molecule has 1 saturated heterocycles. The summed E-state index contributed by atoms with van der Waals surface area (Å²) in [7, 11) is -3.57. The van der Waals surface area contributed by atoms with Crippen molar-refractivity contribution in [2.45, 2.75) is 36.3 Å². The molecule has 2 heterocycles. The fourth-order valence-electron chi connectivity index (χ4n) is 3.11. The van der Waals surface area contributed by atoms with Gasteiger partial charge in [0.15, 0.2) is 9.84 Å². The molecule has 0 aliphatic carbocycles. The van der Waals surface area contributed by atoms with Crippen LogP contribution < -0.4 is 4.90 Å². The van der Waals surface area contributed by atoms with Gasteiger partial charge < -0.3 is 9.80 Å². The van der Waals surface area contributed by atoms with Crippen LogP contribution >= 0.6 is 0 Å². The van der Waals surface area contributed by atoms with E-state index in [9.17, 15) is 18.0 Å². The van der Waals surface area contributed by atoms with E-state index >= 15 is 0 Å². The molecule has 0 spiro atoms. The minimum absolute atomic E-state index is 0.0991. The lowest BCUT2D eigenvalue weighted by Gasteiger charge is -2.24. The summed E-state index contributed by atoms with van der Waals surface area (Å²) in [5.41, 5.74) is 0.314. The van der Waals surface area contributed by atoms with Crippen LogP contribution in [0.15, 0.2) is 29.2 Å². The zero-order valence-corrected chi connectivity index (χ0v) is 13.9. The Bertz CT molecular complexity index is 738. The van der Waals surface area contributed by atoms with Gasteiger partial charge in [0.25, 0.3) is 0 Å². The highest BCUT2D eigenvalue weighted by Crippen LogP contribution is 2.33. The van der Waals surface area contributed by atoms with Crippen molar-refractivity contribution in [3.8, 4) is 0 Å². The minimum Gasteiger partial charge on any atom is -0.341 e. The van der Waals surface area contributed by atoms with Crippen LogP contribution in [-0.4, -0.2) is 50.0 Å². The quantitative estimate of drug-likeness (QED) is 0.813. The van der Waals surface area contributed by atoms with E-state index < -0.39 is 15.1 Å². The first-order valence-corrected chi connectivity index (χ1v) is 9.37. The second kappa shape index (κ2) is 5.96. The van der Waals surface area contributed by atoms with Gasteiger partial charge in [-0.05, 0) is 31.9 Å². The largest absolute Gasteiger partial charge is 0.341 e. The van der Waals surface area contributed by atoms with Crippen molar-refractivity contribution in [1.82, 2.24) is 4.90 Å². The second-order valence-electron chi connectivity index (χ2n) is 6.10. The Morgan fingerprint density at radius 3 is 2.57 bits per heavy atom. The SMILES string of the molecule is CC1CC(=O)N(CC(=O)N2CCCC2)c2ccccc2S1(=O)=O. The molecule has 3 rings (SSSR count). The molecule has 124 valence electrons. The molecule has 23 heavy (non-hydrogen) atoms. The van der Waals surface area contributed by atoms with Crippen LogP contribution in [0.3, 0.4) is 0 Å². The normalized spacial score (nSPS) is 23.5. The molecule has 1 unspecified atom stereocenters. The van der Waals surface area contributed by atoms with E-state index in [2.05, 4.69) is 0 Å². The average molecular weight is 336 g/mol. The van der Waals surface area contributed by atoms with Crippen molar-refractivity contribution in [1.29, 1.82) is 0 Å². The molecule has 1 aromatic rings. The van der Waals surface area contributed by atoms with Gasteiger partial charge >= 0.3 is 0 Å². The fourth-order valence-corrected chi connectivity index (χ4v) is 4.65. The predicted octanol–water partition coefficient (Wildman–Crippen LogP) is 1.21. The Morgan fingerprint density at radius 2 is 1.87 bits per heavy atom. The molecule has 2 aliphatic rings. The topological polar surface area (TPSA) is 74.8 Å². The van der Waals surface area contributed by atoms with E-state index in [1.165, 1.54) is 17.9 Å². The maximum atomic E-state index is 12.6. The number of benzene rings is 1. The number of sulfone groups is 1. The van der Waals surface area contributed by atoms with Crippen molar-refractivity contribution in [2.75, 3.05) is 24.5 Å². The molecule has 7 heteroatoms. The number of carbonyl (C=O) groups is 2. The third-order valence-corrected chi connectivity index (χ3v) is 6.69. The predicted molar refractivity (Wildman–Crippen MR) is 85.9 cm³/mol. The van der Waals surface area contributed by atoms with Gasteiger partial charge in [0.1, 0.15) is 6.54 Å². The number of hydrogen-bond acceptors (Lipinski definition) is 4. The minimum atomic E-state index is -3.57. The van der Waals surface area contributed by atoms with Crippen molar-refractivity contribution in [2.24, 2.45) is 0 Å². The molecule has 1 atom stereocenters. The Hall–Kier alpha value is -1.89. The van der Waals surface area contributed by atoms with E-state index in [0.717, 1.165) is 12.8 Å². The van der Waals surface area contributed by atoms with Gasteiger partial charge in [-0.1, -0.05) is 12.1 Å². The van der Waals surface area contributed by atoms with Gasteiger partial charge in [-0.2, -0.15) is 0 Å². The average Bonchev–Trinajstić information content (AvgIpc) is 3.04. The lowest BCUT2D eigenvalue weighted by molar-refractivity contribution is -0.130. The maximum Gasteiger partial charge on any atom is 0.242 e. The van der Waals surface area contributed by atoms with Gasteiger partial charge in [0.05, 0.1) is 15.8 Å². The van der Waals surface area contributed by atoms with E-state index in [-0.39, 0.29) is 29.7 Å². The highest BCUT2D eigenvalue weighted by atomic mass is 32.2. The molecule has 2 aliphatic heterocycles. The summed E-state index contributed by atoms with van der Waals surface area (Å²) in [5, 5.41) is -0.789.